The van der Waals surface area contributed by atoms with Crippen molar-refractivity contribution >= 4 is 34.0 Å². The van der Waals surface area contributed by atoms with Crippen LogP contribution in [0.2, 0.25) is 5.02 Å². The molecule has 1 aliphatic heterocycles. The third-order valence-electron chi connectivity index (χ3n) is 2.95. The molecule has 2 heterocycles. The van der Waals surface area contributed by atoms with E-state index in [-0.39, 0.29) is 12.0 Å². The van der Waals surface area contributed by atoms with Gasteiger partial charge in [0, 0.05) is 17.2 Å². The van der Waals surface area contributed by atoms with Crippen LogP contribution in [0.4, 0.5) is 5.13 Å². The van der Waals surface area contributed by atoms with Crippen molar-refractivity contribution in [3.63, 3.8) is 0 Å². The van der Waals surface area contributed by atoms with E-state index in [0.29, 0.717) is 15.7 Å². The van der Waals surface area contributed by atoms with Crippen molar-refractivity contribution in [3.8, 4) is 0 Å². The number of halogens is 1. The fourth-order valence-corrected chi connectivity index (χ4v) is 3.00. The molecule has 1 aliphatic rings. The summed E-state index contributed by atoms with van der Waals surface area (Å²) in [5.74, 6) is -0.248. The van der Waals surface area contributed by atoms with Crippen LogP contribution in [0.5, 0.6) is 0 Å². The van der Waals surface area contributed by atoms with E-state index in [1.54, 1.807) is 24.3 Å². The van der Waals surface area contributed by atoms with Crippen LogP contribution in [-0.2, 0) is 4.74 Å². The lowest BCUT2D eigenvalue weighted by molar-refractivity contribution is 0.102. The first kappa shape index (κ1) is 13.5. The number of benzene rings is 1. The van der Waals surface area contributed by atoms with Gasteiger partial charge in [0.2, 0.25) is 5.13 Å². The van der Waals surface area contributed by atoms with Crippen LogP contribution in [-0.4, -0.2) is 22.7 Å². The van der Waals surface area contributed by atoms with E-state index in [1.807, 2.05) is 0 Å². The Morgan fingerprint density at radius 2 is 2.35 bits per heavy atom. The molecule has 20 heavy (non-hydrogen) atoms. The summed E-state index contributed by atoms with van der Waals surface area (Å²) in [5, 5.41) is 12.6. The molecule has 1 aromatic heterocycles. The van der Waals surface area contributed by atoms with Crippen molar-refractivity contribution in [3.05, 3.63) is 39.9 Å². The summed E-state index contributed by atoms with van der Waals surface area (Å²) in [6, 6.07) is 6.76. The van der Waals surface area contributed by atoms with Crippen molar-refractivity contribution in [2.45, 2.75) is 18.9 Å². The van der Waals surface area contributed by atoms with Crippen LogP contribution in [0.15, 0.2) is 24.3 Å². The van der Waals surface area contributed by atoms with Gasteiger partial charge in [0.25, 0.3) is 5.91 Å². The lowest BCUT2D eigenvalue weighted by Crippen LogP contribution is -2.11. The van der Waals surface area contributed by atoms with Crippen LogP contribution < -0.4 is 5.32 Å². The maximum atomic E-state index is 12.0. The number of aromatic nitrogens is 2. The van der Waals surface area contributed by atoms with E-state index in [4.69, 9.17) is 16.3 Å². The Labute approximate surface area is 124 Å². The maximum absolute atomic E-state index is 12.0. The average molecular weight is 310 g/mol. The first-order valence-electron chi connectivity index (χ1n) is 6.24. The monoisotopic (exact) mass is 309 g/mol. The number of hydrogen-bond donors (Lipinski definition) is 1. The zero-order valence-electron chi connectivity index (χ0n) is 10.5. The molecule has 1 atom stereocenters. The summed E-state index contributed by atoms with van der Waals surface area (Å²) in [7, 11) is 0. The van der Waals surface area contributed by atoms with Gasteiger partial charge >= 0.3 is 0 Å². The Balaban J connectivity index is 1.70. The minimum absolute atomic E-state index is 0.0179. The van der Waals surface area contributed by atoms with E-state index in [1.165, 1.54) is 11.3 Å². The zero-order valence-corrected chi connectivity index (χ0v) is 12.1. The number of carbonyl (C=O) groups excluding carboxylic acids is 1. The summed E-state index contributed by atoms with van der Waals surface area (Å²) in [5.41, 5.74) is 0.492. The van der Waals surface area contributed by atoms with E-state index in [0.717, 1.165) is 24.5 Å². The third kappa shape index (κ3) is 2.98. The molecule has 1 fully saturated rings. The molecule has 1 amide bonds. The summed E-state index contributed by atoms with van der Waals surface area (Å²) in [6.07, 6.45) is 2.01. The first-order valence-corrected chi connectivity index (χ1v) is 7.44. The molecule has 1 N–H and O–H groups in total. The van der Waals surface area contributed by atoms with Crippen LogP contribution in [0.1, 0.15) is 34.3 Å². The molecule has 0 aliphatic carbocycles. The SMILES string of the molecule is O=C(Nc1nnc([C@@H]2CCCO2)s1)c1cccc(Cl)c1. The van der Waals surface area contributed by atoms with E-state index in [2.05, 4.69) is 15.5 Å². The Bertz CT molecular complexity index is 626. The summed E-state index contributed by atoms with van der Waals surface area (Å²) in [4.78, 5) is 12.0. The van der Waals surface area contributed by atoms with Gasteiger partial charge in [0.05, 0.1) is 0 Å². The van der Waals surface area contributed by atoms with Gasteiger partial charge in [-0.2, -0.15) is 0 Å². The highest BCUT2D eigenvalue weighted by atomic mass is 35.5. The predicted molar refractivity (Wildman–Crippen MR) is 77.2 cm³/mol. The van der Waals surface area contributed by atoms with Gasteiger partial charge in [-0.3, -0.25) is 10.1 Å². The number of nitrogens with zero attached hydrogens (tertiary/aromatic N) is 2. The molecule has 2 aromatic rings. The number of ether oxygens (including phenoxy) is 1. The minimum Gasteiger partial charge on any atom is -0.371 e. The summed E-state index contributed by atoms with van der Waals surface area (Å²) < 4.78 is 5.54. The molecule has 1 aromatic carbocycles. The smallest absolute Gasteiger partial charge is 0.257 e. The molecule has 0 unspecified atom stereocenters. The standard InChI is InChI=1S/C13H12ClN3O2S/c14-9-4-1-3-8(7-9)11(18)15-13-17-16-12(20-13)10-5-2-6-19-10/h1,3-4,7,10H,2,5-6H2,(H,15,17,18)/t10-/m0/s1. The average Bonchev–Trinajstić information content (AvgIpc) is 3.08. The molecule has 0 bridgehead atoms. The van der Waals surface area contributed by atoms with Crippen LogP contribution in [0.25, 0.3) is 0 Å². The lowest BCUT2D eigenvalue weighted by atomic mass is 10.2. The molecule has 3 rings (SSSR count). The number of carbonyl (C=O) groups is 1. The summed E-state index contributed by atoms with van der Waals surface area (Å²) in [6.45, 7) is 0.758. The Hall–Kier alpha value is -1.50. The Kier molecular flexibility index (Phi) is 3.95. The van der Waals surface area contributed by atoms with Crippen molar-refractivity contribution in [1.29, 1.82) is 0 Å². The fraction of sp³-hybridized carbons (Fsp3) is 0.308. The number of amides is 1. The molecule has 7 heteroatoms. The van der Waals surface area contributed by atoms with Crippen molar-refractivity contribution in [2.75, 3.05) is 11.9 Å². The van der Waals surface area contributed by atoms with Gasteiger partial charge in [-0.15, -0.1) is 10.2 Å². The molecule has 5 nitrogen and oxygen atoms in total. The van der Waals surface area contributed by atoms with Gasteiger partial charge < -0.3 is 4.74 Å². The van der Waals surface area contributed by atoms with E-state index in [9.17, 15) is 4.79 Å². The second-order valence-corrected chi connectivity index (χ2v) is 5.86. The molecule has 0 radical (unpaired) electrons. The summed E-state index contributed by atoms with van der Waals surface area (Å²) >= 11 is 7.21. The number of nitrogens with one attached hydrogen (secondary N) is 1. The third-order valence-corrected chi connectivity index (χ3v) is 4.12. The van der Waals surface area contributed by atoms with Gasteiger partial charge in [-0.05, 0) is 31.0 Å². The lowest BCUT2D eigenvalue weighted by Gasteiger charge is -2.02. The second-order valence-electron chi connectivity index (χ2n) is 4.41. The van der Waals surface area contributed by atoms with Crippen LogP contribution in [0, 0.1) is 0 Å². The highest BCUT2D eigenvalue weighted by molar-refractivity contribution is 7.15. The number of rotatable bonds is 3. The molecular formula is C13H12ClN3O2S. The zero-order chi connectivity index (χ0) is 13.9. The van der Waals surface area contributed by atoms with Gasteiger partial charge in [-0.25, -0.2) is 0 Å². The van der Waals surface area contributed by atoms with Gasteiger partial charge in [-0.1, -0.05) is 29.0 Å². The highest BCUT2D eigenvalue weighted by Gasteiger charge is 2.22. The highest BCUT2D eigenvalue weighted by Crippen LogP contribution is 2.32. The van der Waals surface area contributed by atoms with Gasteiger partial charge in [0.1, 0.15) is 11.1 Å². The van der Waals surface area contributed by atoms with Crippen LogP contribution in [0.3, 0.4) is 0 Å². The van der Waals surface area contributed by atoms with E-state index < -0.39 is 0 Å². The molecule has 1 saturated heterocycles. The second kappa shape index (κ2) is 5.87. The molecule has 0 spiro atoms. The molecule has 0 saturated carbocycles. The van der Waals surface area contributed by atoms with Gasteiger partial charge in [0.15, 0.2) is 0 Å². The Morgan fingerprint density at radius 3 is 3.10 bits per heavy atom. The van der Waals surface area contributed by atoms with Crippen molar-refractivity contribution in [1.82, 2.24) is 10.2 Å². The Morgan fingerprint density at radius 1 is 1.45 bits per heavy atom. The number of anilines is 1. The minimum atomic E-state index is -0.248. The van der Waals surface area contributed by atoms with Crippen molar-refractivity contribution in [2.24, 2.45) is 0 Å². The molecular weight excluding hydrogens is 298 g/mol. The topological polar surface area (TPSA) is 64.1 Å². The molecule has 104 valence electrons. The normalized spacial score (nSPS) is 18.1. The number of hydrogen-bond acceptors (Lipinski definition) is 5. The quantitative estimate of drug-likeness (QED) is 0.945. The maximum Gasteiger partial charge on any atom is 0.257 e. The largest absolute Gasteiger partial charge is 0.371 e. The van der Waals surface area contributed by atoms with E-state index >= 15 is 0 Å². The predicted octanol–water partition coefficient (Wildman–Crippen LogP) is 3.30. The van der Waals surface area contributed by atoms with Crippen molar-refractivity contribution < 1.29 is 9.53 Å². The van der Waals surface area contributed by atoms with Crippen LogP contribution >= 0.6 is 22.9 Å². The fourth-order valence-electron chi connectivity index (χ4n) is 1.99. The first-order chi connectivity index (χ1) is 9.72.